The third-order valence-corrected chi connectivity index (χ3v) is 3.61. The van der Waals surface area contributed by atoms with Gasteiger partial charge < -0.3 is 4.57 Å². The normalized spacial score (nSPS) is 18.9. The number of benzene rings is 1. The van der Waals surface area contributed by atoms with Crippen LogP contribution in [-0.4, -0.2) is 14.8 Å². The minimum atomic E-state index is 0.0663. The van der Waals surface area contributed by atoms with Crippen LogP contribution in [0.1, 0.15) is 50.3 Å². The van der Waals surface area contributed by atoms with Crippen molar-refractivity contribution in [2.24, 2.45) is 0 Å². The predicted octanol–water partition coefficient (Wildman–Crippen LogP) is 3.11. The second-order valence-corrected chi connectivity index (χ2v) is 6.04. The Bertz CT molecular complexity index is 549. The first kappa shape index (κ1) is 11.5. The smallest absolute Gasteiger partial charge is 0.140 e. The first-order chi connectivity index (χ1) is 8.57. The van der Waals surface area contributed by atoms with Crippen molar-refractivity contribution < 1.29 is 0 Å². The van der Waals surface area contributed by atoms with E-state index in [1.165, 1.54) is 5.56 Å². The molecule has 0 N–H and O–H groups in total. The molecule has 0 spiro atoms. The van der Waals surface area contributed by atoms with E-state index < -0.39 is 0 Å². The fourth-order valence-electron chi connectivity index (χ4n) is 2.74. The summed E-state index contributed by atoms with van der Waals surface area (Å²) >= 11 is 0. The minimum absolute atomic E-state index is 0.0663. The number of nitrogens with zero attached hydrogens (tertiary/aromatic N) is 3. The third kappa shape index (κ3) is 1.74. The highest BCUT2D eigenvalue weighted by Gasteiger charge is 2.32. The lowest BCUT2D eigenvalue weighted by atomic mass is 9.96. The summed E-state index contributed by atoms with van der Waals surface area (Å²) in [5.74, 6) is 2.65. The molecule has 3 rings (SSSR count). The molecule has 18 heavy (non-hydrogen) atoms. The van der Waals surface area contributed by atoms with E-state index in [0.29, 0.717) is 5.92 Å². The summed E-state index contributed by atoms with van der Waals surface area (Å²) in [4.78, 5) is 0. The Morgan fingerprint density at radius 1 is 1.11 bits per heavy atom. The van der Waals surface area contributed by atoms with Crippen molar-refractivity contribution in [2.75, 3.05) is 0 Å². The van der Waals surface area contributed by atoms with Gasteiger partial charge in [0.15, 0.2) is 0 Å². The lowest BCUT2D eigenvalue weighted by Gasteiger charge is -2.17. The van der Waals surface area contributed by atoms with Crippen LogP contribution in [0.3, 0.4) is 0 Å². The van der Waals surface area contributed by atoms with Gasteiger partial charge >= 0.3 is 0 Å². The fourth-order valence-corrected chi connectivity index (χ4v) is 2.74. The van der Waals surface area contributed by atoms with Crippen molar-refractivity contribution in [1.82, 2.24) is 14.8 Å². The molecule has 3 heteroatoms. The van der Waals surface area contributed by atoms with E-state index in [9.17, 15) is 0 Å². The molecule has 0 radical (unpaired) electrons. The van der Waals surface area contributed by atoms with Gasteiger partial charge in [0, 0.05) is 17.9 Å². The Hall–Kier alpha value is -1.64. The number of aromatic nitrogens is 3. The molecule has 0 amide bonds. The zero-order chi connectivity index (χ0) is 12.8. The van der Waals surface area contributed by atoms with Crippen LogP contribution < -0.4 is 0 Å². The van der Waals surface area contributed by atoms with Gasteiger partial charge in [0.2, 0.25) is 0 Å². The summed E-state index contributed by atoms with van der Waals surface area (Å²) in [7, 11) is 0. The molecule has 0 bridgehead atoms. The molecule has 2 aromatic rings. The second kappa shape index (κ2) is 3.94. The Morgan fingerprint density at radius 2 is 1.83 bits per heavy atom. The van der Waals surface area contributed by atoms with Gasteiger partial charge in [0.1, 0.15) is 11.6 Å². The van der Waals surface area contributed by atoms with Crippen LogP contribution in [0.25, 0.3) is 0 Å². The highest BCUT2D eigenvalue weighted by atomic mass is 15.3. The van der Waals surface area contributed by atoms with Crippen LogP contribution in [0.15, 0.2) is 30.3 Å². The number of rotatable bonds is 1. The lowest BCUT2D eigenvalue weighted by Crippen LogP contribution is -2.18. The van der Waals surface area contributed by atoms with Crippen LogP contribution in [0.2, 0.25) is 0 Å². The van der Waals surface area contributed by atoms with E-state index in [2.05, 4.69) is 65.9 Å². The average Bonchev–Trinajstić information content (AvgIpc) is 2.88. The SMILES string of the molecule is CC(C)(C)c1nnc2n1CCC2c1ccccc1. The van der Waals surface area contributed by atoms with Crippen molar-refractivity contribution in [3.8, 4) is 0 Å². The summed E-state index contributed by atoms with van der Waals surface area (Å²) < 4.78 is 2.30. The molecule has 0 aliphatic carbocycles. The van der Waals surface area contributed by atoms with E-state index in [0.717, 1.165) is 24.6 Å². The summed E-state index contributed by atoms with van der Waals surface area (Å²) in [6.07, 6.45) is 1.14. The second-order valence-electron chi connectivity index (χ2n) is 6.04. The zero-order valence-corrected chi connectivity index (χ0v) is 11.2. The Balaban J connectivity index is 2.02. The van der Waals surface area contributed by atoms with E-state index in [-0.39, 0.29) is 5.41 Å². The van der Waals surface area contributed by atoms with E-state index in [4.69, 9.17) is 0 Å². The maximum Gasteiger partial charge on any atom is 0.140 e. The molecule has 1 aromatic heterocycles. The summed E-state index contributed by atoms with van der Waals surface area (Å²) in [6, 6.07) is 10.6. The molecule has 0 fully saturated rings. The Kier molecular flexibility index (Phi) is 2.51. The highest BCUT2D eigenvalue weighted by molar-refractivity contribution is 5.28. The van der Waals surface area contributed by atoms with Crippen LogP contribution in [0, 0.1) is 0 Å². The maximum atomic E-state index is 4.43. The quantitative estimate of drug-likeness (QED) is 0.768. The summed E-state index contributed by atoms with van der Waals surface area (Å²) in [5, 5.41) is 8.83. The topological polar surface area (TPSA) is 30.7 Å². The van der Waals surface area contributed by atoms with Gasteiger partial charge in [0.05, 0.1) is 0 Å². The summed E-state index contributed by atoms with van der Waals surface area (Å²) in [6.45, 7) is 7.62. The molecular weight excluding hydrogens is 222 g/mol. The number of hydrogen-bond donors (Lipinski definition) is 0. The monoisotopic (exact) mass is 241 g/mol. The van der Waals surface area contributed by atoms with Crippen molar-refractivity contribution >= 4 is 0 Å². The van der Waals surface area contributed by atoms with Crippen molar-refractivity contribution in [1.29, 1.82) is 0 Å². The highest BCUT2D eigenvalue weighted by Crippen LogP contribution is 2.35. The molecule has 0 saturated carbocycles. The van der Waals surface area contributed by atoms with E-state index in [1.807, 2.05) is 0 Å². The Morgan fingerprint density at radius 3 is 2.50 bits per heavy atom. The van der Waals surface area contributed by atoms with E-state index in [1.54, 1.807) is 0 Å². The predicted molar refractivity (Wildman–Crippen MR) is 71.6 cm³/mol. The van der Waals surface area contributed by atoms with E-state index >= 15 is 0 Å². The van der Waals surface area contributed by atoms with Crippen LogP contribution >= 0.6 is 0 Å². The van der Waals surface area contributed by atoms with Gasteiger partial charge in [-0.25, -0.2) is 0 Å². The Labute approximate surface area is 108 Å². The first-order valence-corrected chi connectivity index (χ1v) is 6.56. The maximum absolute atomic E-state index is 4.43. The summed E-state index contributed by atoms with van der Waals surface area (Å²) in [5.41, 5.74) is 1.42. The molecule has 1 aromatic carbocycles. The molecule has 1 aliphatic rings. The van der Waals surface area contributed by atoms with Crippen molar-refractivity contribution in [3.05, 3.63) is 47.5 Å². The lowest BCUT2D eigenvalue weighted by molar-refractivity contribution is 0.503. The largest absolute Gasteiger partial charge is 0.314 e. The molecule has 0 saturated heterocycles. The van der Waals surface area contributed by atoms with Gasteiger partial charge in [-0.3, -0.25) is 0 Å². The van der Waals surface area contributed by atoms with Crippen molar-refractivity contribution in [3.63, 3.8) is 0 Å². The molecule has 2 heterocycles. The molecule has 1 aliphatic heterocycles. The van der Waals surface area contributed by atoms with Gasteiger partial charge in [0.25, 0.3) is 0 Å². The minimum Gasteiger partial charge on any atom is -0.314 e. The number of fused-ring (bicyclic) bond motifs is 1. The van der Waals surface area contributed by atoms with Crippen molar-refractivity contribution in [2.45, 2.75) is 45.1 Å². The van der Waals surface area contributed by atoms with Crippen LogP contribution in [0.4, 0.5) is 0 Å². The molecule has 1 atom stereocenters. The third-order valence-electron chi connectivity index (χ3n) is 3.61. The van der Waals surface area contributed by atoms with Gasteiger partial charge in [-0.15, -0.1) is 10.2 Å². The molecule has 3 nitrogen and oxygen atoms in total. The average molecular weight is 241 g/mol. The first-order valence-electron chi connectivity index (χ1n) is 6.56. The van der Waals surface area contributed by atoms with Gasteiger partial charge in [-0.2, -0.15) is 0 Å². The van der Waals surface area contributed by atoms with Gasteiger partial charge in [-0.1, -0.05) is 51.1 Å². The number of hydrogen-bond acceptors (Lipinski definition) is 2. The fraction of sp³-hybridized carbons (Fsp3) is 0.467. The zero-order valence-electron chi connectivity index (χ0n) is 11.2. The standard InChI is InChI=1S/C15H19N3/c1-15(2,3)14-17-16-13-12(9-10-18(13)14)11-7-5-4-6-8-11/h4-8,12H,9-10H2,1-3H3. The molecule has 94 valence electrons. The molecule has 1 unspecified atom stereocenters. The van der Waals surface area contributed by atoms with Crippen LogP contribution in [0.5, 0.6) is 0 Å². The molecular formula is C15H19N3. The van der Waals surface area contributed by atoms with Gasteiger partial charge in [-0.05, 0) is 12.0 Å². The van der Waals surface area contributed by atoms with Crippen LogP contribution in [-0.2, 0) is 12.0 Å².